The summed E-state index contributed by atoms with van der Waals surface area (Å²) in [5.41, 5.74) is 3.20. The zero-order valence-corrected chi connectivity index (χ0v) is 16.3. The van der Waals surface area contributed by atoms with Gasteiger partial charge in [0.25, 0.3) is 0 Å². The smallest absolute Gasteiger partial charge is 0.246 e. The van der Waals surface area contributed by atoms with Gasteiger partial charge in [-0.1, -0.05) is 61.5 Å². The molecule has 0 saturated heterocycles. The Morgan fingerprint density at radius 1 is 1.07 bits per heavy atom. The number of carbonyl (C=O) groups is 1. The van der Waals surface area contributed by atoms with E-state index in [2.05, 4.69) is 22.3 Å². The molecule has 0 saturated carbocycles. The van der Waals surface area contributed by atoms with Crippen molar-refractivity contribution in [2.24, 2.45) is 0 Å². The number of rotatable bonds is 9. The Hall–Kier alpha value is -3.06. The maximum atomic E-state index is 12.8. The van der Waals surface area contributed by atoms with Gasteiger partial charge >= 0.3 is 0 Å². The molecule has 1 heterocycles. The minimum Gasteiger partial charge on any atom is -0.383 e. The second-order valence-corrected chi connectivity index (χ2v) is 6.49. The highest BCUT2D eigenvalue weighted by atomic mass is 16.5. The summed E-state index contributed by atoms with van der Waals surface area (Å²) in [5, 5.41) is 12.5. The van der Waals surface area contributed by atoms with Crippen LogP contribution in [0.15, 0.2) is 54.6 Å². The van der Waals surface area contributed by atoms with Crippen LogP contribution in [-0.2, 0) is 29.0 Å². The molecule has 0 aliphatic carbocycles. The van der Waals surface area contributed by atoms with Crippen LogP contribution in [0.3, 0.4) is 0 Å². The Morgan fingerprint density at radius 3 is 2.50 bits per heavy atom. The van der Waals surface area contributed by atoms with Crippen molar-refractivity contribution in [1.82, 2.24) is 25.1 Å². The maximum Gasteiger partial charge on any atom is 0.246 e. The molecule has 0 aliphatic heterocycles. The zero-order valence-electron chi connectivity index (χ0n) is 16.3. The summed E-state index contributed by atoms with van der Waals surface area (Å²) in [6, 6.07) is 17.9. The van der Waals surface area contributed by atoms with E-state index in [0.29, 0.717) is 25.5 Å². The molecule has 0 bridgehead atoms. The average molecular weight is 379 g/mol. The van der Waals surface area contributed by atoms with Gasteiger partial charge in [-0.3, -0.25) is 4.79 Å². The van der Waals surface area contributed by atoms with Crippen LogP contribution in [0.2, 0.25) is 0 Å². The first-order valence-electron chi connectivity index (χ1n) is 9.37. The second kappa shape index (κ2) is 9.75. The molecule has 3 rings (SSSR count). The van der Waals surface area contributed by atoms with Gasteiger partial charge in [-0.05, 0) is 22.8 Å². The monoisotopic (exact) mass is 379 g/mol. The molecule has 146 valence electrons. The van der Waals surface area contributed by atoms with E-state index in [0.717, 1.165) is 17.5 Å². The summed E-state index contributed by atoms with van der Waals surface area (Å²) < 4.78 is 5.15. The van der Waals surface area contributed by atoms with Crippen LogP contribution in [0.5, 0.6) is 0 Å². The number of ether oxygens (including phenoxy) is 1. The molecule has 3 aromatic rings. The molecule has 28 heavy (non-hydrogen) atoms. The lowest BCUT2D eigenvalue weighted by Gasteiger charge is -2.22. The SMILES string of the molecule is CCc1ccc(-c2nnn(CC(=O)N(CCOC)Cc3ccccc3)n2)cc1. The summed E-state index contributed by atoms with van der Waals surface area (Å²) in [5.74, 6) is 0.438. The lowest BCUT2D eigenvalue weighted by atomic mass is 10.1. The number of nitrogens with zero attached hydrogens (tertiary/aromatic N) is 5. The van der Waals surface area contributed by atoms with Crippen LogP contribution in [0.25, 0.3) is 11.4 Å². The highest BCUT2D eigenvalue weighted by Gasteiger charge is 2.16. The first-order valence-corrected chi connectivity index (χ1v) is 9.37. The van der Waals surface area contributed by atoms with Gasteiger partial charge in [0, 0.05) is 25.8 Å². The molecule has 1 aromatic heterocycles. The molecular weight excluding hydrogens is 354 g/mol. The van der Waals surface area contributed by atoms with Crippen molar-refractivity contribution in [2.75, 3.05) is 20.3 Å². The van der Waals surface area contributed by atoms with E-state index in [9.17, 15) is 4.79 Å². The minimum absolute atomic E-state index is 0.0383. The molecule has 1 amide bonds. The van der Waals surface area contributed by atoms with E-state index in [4.69, 9.17) is 4.74 Å². The van der Waals surface area contributed by atoms with Gasteiger partial charge < -0.3 is 9.64 Å². The fourth-order valence-electron chi connectivity index (χ4n) is 2.83. The quantitative estimate of drug-likeness (QED) is 0.571. The van der Waals surface area contributed by atoms with E-state index < -0.39 is 0 Å². The fourth-order valence-corrected chi connectivity index (χ4v) is 2.83. The Balaban J connectivity index is 1.67. The van der Waals surface area contributed by atoms with Crippen LogP contribution < -0.4 is 0 Å². The largest absolute Gasteiger partial charge is 0.383 e. The Morgan fingerprint density at radius 2 is 1.82 bits per heavy atom. The number of aromatic nitrogens is 4. The number of benzene rings is 2. The number of methoxy groups -OCH3 is 1. The van der Waals surface area contributed by atoms with Crippen LogP contribution in [0.1, 0.15) is 18.1 Å². The summed E-state index contributed by atoms with van der Waals surface area (Å²) in [7, 11) is 1.63. The Kier molecular flexibility index (Phi) is 6.86. The minimum atomic E-state index is -0.0776. The van der Waals surface area contributed by atoms with Crippen molar-refractivity contribution in [3.63, 3.8) is 0 Å². The zero-order chi connectivity index (χ0) is 19.8. The first-order chi connectivity index (χ1) is 13.7. The first kappa shape index (κ1) is 19.7. The number of hydrogen-bond donors (Lipinski definition) is 0. The summed E-state index contributed by atoms with van der Waals surface area (Å²) in [6.45, 7) is 3.64. The predicted octanol–water partition coefficient (Wildman–Crippen LogP) is 2.58. The number of hydrogen-bond acceptors (Lipinski definition) is 5. The Labute approximate surface area is 164 Å². The molecule has 7 nitrogen and oxygen atoms in total. The second-order valence-electron chi connectivity index (χ2n) is 6.49. The van der Waals surface area contributed by atoms with Crippen molar-refractivity contribution in [3.8, 4) is 11.4 Å². The van der Waals surface area contributed by atoms with E-state index in [1.54, 1.807) is 12.0 Å². The summed E-state index contributed by atoms with van der Waals surface area (Å²) >= 11 is 0. The van der Waals surface area contributed by atoms with Crippen LogP contribution in [0.4, 0.5) is 0 Å². The number of amides is 1. The van der Waals surface area contributed by atoms with Gasteiger partial charge in [0.1, 0.15) is 6.54 Å². The normalized spacial score (nSPS) is 10.8. The van der Waals surface area contributed by atoms with Gasteiger partial charge in [0.15, 0.2) is 0 Å². The molecule has 0 atom stereocenters. The highest BCUT2D eigenvalue weighted by molar-refractivity contribution is 5.75. The van der Waals surface area contributed by atoms with Crippen LogP contribution in [-0.4, -0.2) is 51.3 Å². The molecule has 7 heteroatoms. The summed E-state index contributed by atoms with van der Waals surface area (Å²) in [6.07, 6.45) is 0.980. The molecule has 0 aliphatic rings. The predicted molar refractivity (Wildman–Crippen MR) is 106 cm³/mol. The topological polar surface area (TPSA) is 73.1 Å². The molecule has 0 radical (unpaired) electrons. The molecule has 0 unspecified atom stereocenters. The van der Waals surface area contributed by atoms with Crippen LogP contribution >= 0.6 is 0 Å². The Bertz CT molecular complexity index is 877. The standard InChI is InChI=1S/C21H25N5O2/c1-3-17-9-11-19(12-10-17)21-22-24-26(23-21)16-20(27)25(13-14-28-2)15-18-7-5-4-6-8-18/h4-12H,3,13-16H2,1-2H3. The van der Waals surface area contributed by atoms with Crippen molar-refractivity contribution in [1.29, 1.82) is 0 Å². The van der Waals surface area contributed by atoms with E-state index >= 15 is 0 Å². The van der Waals surface area contributed by atoms with Gasteiger partial charge in [0.2, 0.25) is 11.7 Å². The molecule has 0 N–H and O–H groups in total. The third-order valence-corrected chi connectivity index (χ3v) is 4.48. The van der Waals surface area contributed by atoms with Crippen molar-refractivity contribution >= 4 is 5.91 Å². The summed E-state index contributed by atoms with van der Waals surface area (Å²) in [4.78, 5) is 15.9. The van der Waals surface area contributed by atoms with Gasteiger partial charge in [-0.25, -0.2) is 0 Å². The van der Waals surface area contributed by atoms with Crippen molar-refractivity contribution in [3.05, 3.63) is 65.7 Å². The van der Waals surface area contributed by atoms with E-state index in [1.165, 1.54) is 10.4 Å². The van der Waals surface area contributed by atoms with E-state index in [1.807, 2.05) is 54.6 Å². The molecular formula is C21H25N5O2. The molecule has 0 spiro atoms. The van der Waals surface area contributed by atoms with Gasteiger partial charge in [-0.15, -0.1) is 10.2 Å². The fraction of sp³-hybridized carbons (Fsp3) is 0.333. The third kappa shape index (κ3) is 5.23. The van der Waals surface area contributed by atoms with Gasteiger partial charge in [-0.2, -0.15) is 4.80 Å². The highest BCUT2D eigenvalue weighted by Crippen LogP contribution is 2.15. The van der Waals surface area contributed by atoms with Crippen molar-refractivity contribution < 1.29 is 9.53 Å². The molecule has 0 fully saturated rings. The maximum absolute atomic E-state index is 12.8. The number of aryl methyl sites for hydroxylation is 1. The van der Waals surface area contributed by atoms with Crippen molar-refractivity contribution in [2.45, 2.75) is 26.4 Å². The number of carbonyl (C=O) groups excluding carboxylic acids is 1. The molecule has 2 aromatic carbocycles. The van der Waals surface area contributed by atoms with Crippen LogP contribution in [0, 0.1) is 0 Å². The number of tetrazole rings is 1. The van der Waals surface area contributed by atoms with E-state index in [-0.39, 0.29) is 12.5 Å². The third-order valence-electron chi connectivity index (χ3n) is 4.48. The average Bonchev–Trinajstić information content (AvgIpc) is 3.20. The lowest BCUT2D eigenvalue weighted by Crippen LogP contribution is -2.36. The lowest BCUT2D eigenvalue weighted by molar-refractivity contribution is -0.133. The van der Waals surface area contributed by atoms with Gasteiger partial charge in [0.05, 0.1) is 6.61 Å².